The Morgan fingerprint density at radius 2 is 2.24 bits per heavy atom. The van der Waals surface area contributed by atoms with Gasteiger partial charge < -0.3 is 9.84 Å². The monoisotopic (exact) mass is 301 g/mol. The van der Waals surface area contributed by atoms with Crippen molar-refractivity contribution in [3.05, 3.63) is 22.8 Å². The number of nitrogens with zero attached hydrogens (tertiary/aromatic N) is 1. The second-order valence-electron chi connectivity index (χ2n) is 4.44. The average Bonchev–Trinajstić information content (AvgIpc) is 2.24. The average molecular weight is 302 g/mol. The van der Waals surface area contributed by atoms with Crippen LogP contribution in [0.2, 0.25) is 0 Å². The van der Waals surface area contributed by atoms with E-state index in [1.807, 2.05) is 12.1 Å². The predicted octanol–water partition coefficient (Wildman–Crippen LogP) is 3.11. The standard InChI is InChI=1S/C12H16BrNO3/c1-12(2,11(15)16)7-4-8-17-10-6-3-5-9(13)14-10/h3,5-6H,4,7-8H2,1-2H3,(H,15,16). The Morgan fingerprint density at radius 1 is 1.53 bits per heavy atom. The van der Waals surface area contributed by atoms with Gasteiger partial charge in [0.2, 0.25) is 5.88 Å². The topological polar surface area (TPSA) is 59.4 Å². The molecule has 0 spiro atoms. The van der Waals surface area contributed by atoms with Gasteiger partial charge in [-0.1, -0.05) is 6.07 Å². The van der Waals surface area contributed by atoms with Crippen LogP contribution in [-0.2, 0) is 4.79 Å². The van der Waals surface area contributed by atoms with E-state index in [0.29, 0.717) is 25.3 Å². The van der Waals surface area contributed by atoms with Gasteiger partial charge in [-0.3, -0.25) is 4.79 Å². The Bertz CT molecular complexity index is 393. The van der Waals surface area contributed by atoms with Gasteiger partial charge in [0.15, 0.2) is 0 Å². The first-order valence-corrected chi connectivity index (χ1v) is 6.20. The summed E-state index contributed by atoms with van der Waals surface area (Å²) in [6, 6.07) is 5.43. The smallest absolute Gasteiger partial charge is 0.309 e. The number of halogens is 1. The number of ether oxygens (including phenoxy) is 1. The quantitative estimate of drug-likeness (QED) is 0.648. The predicted molar refractivity (Wildman–Crippen MR) is 68.1 cm³/mol. The molecule has 0 fully saturated rings. The Balaban J connectivity index is 2.32. The number of aliphatic carboxylic acids is 1. The van der Waals surface area contributed by atoms with Crippen LogP contribution in [0.1, 0.15) is 26.7 Å². The molecule has 17 heavy (non-hydrogen) atoms. The molecular weight excluding hydrogens is 286 g/mol. The van der Waals surface area contributed by atoms with E-state index in [2.05, 4.69) is 20.9 Å². The summed E-state index contributed by atoms with van der Waals surface area (Å²) in [7, 11) is 0. The SMILES string of the molecule is CC(C)(CCCOc1cccc(Br)n1)C(=O)O. The van der Waals surface area contributed by atoms with Gasteiger partial charge in [-0.2, -0.15) is 0 Å². The lowest BCUT2D eigenvalue weighted by atomic mass is 9.88. The highest BCUT2D eigenvalue weighted by molar-refractivity contribution is 9.10. The summed E-state index contributed by atoms with van der Waals surface area (Å²) >= 11 is 3.25. The summed E-state index contributed by atoms with van der Waals surface area (Å²) in [6.45, 7) is 3.90. The van der Waals surface area contributed by atoms with E-state index in [-0.39, 0.29) is 0 Å². The maximum atomic E-state index is 10.9. The molecule has 5 heteroatoms. The lowest BCUT2D eigenvalue weighted by Gasteiger charge is -2.18. The highest BCUT2D eigenvalue weighted by atomic mass is 79.9. The molecule has 0 aliphatic heterocycles. The van der Waals surface area contributed by atoms with Crippen molar-refractivity contribution in [3.8, 4) is 5.88 Å². The van der Waals surface area contributed by atoms with Gasteiger partial charge in [0.05, 0.1) is 12.0 Å². The molecule has 4 nitrogen and oxygen atoms in total. The summed E-state index contributed by atoms with van der Waals surface area (Å²) in [5, 5.41) is 8.93. The van der Waals surface area contributed by atoms with Crippen molar-refractivity contribution in [2.45, 2.75) is 26.7 Å². The Hall–Kier alpha value is -1.10. The molecule has 1 heterocycles. The molecule has 1 rings (SSSR count). The van der Waals surface area contributed by atoms with Crippen molar-refractivity contribution in [2.75, 3.05) is 6.61 Å². The molecule has 0 radical (unpaired) electrons. The zero-order valence-corrected chi connectivity index (χ0v) is 11.5. The lowest BCUT2D eigenvalue weighted by Crippen LogP contribution is -2.24. The molecule has 0 saturated heterocycles. The number of hydrogen-bond donors (Lipinski definition) is 1. The van der Waals surface area contributed by atoms with Gasteiger partial charge in [-0.15, -0.1) is 0 Å². The van der Waals surface area contributed by atoms with Crippen LogP contribution in [0.3, 0.4) is 0 Å². The summed E-state index contributed by atoms with van der Waals surface area (Å²) in [5.74, 6) is -0.231. The van der Waals surface area contributed by atoms with Gasteiger partial charge in [-0.25, -0.2) is 4.98 Å². The van der Waals surface area contributed by atoms with Crippen molar-refractivity contribution < 1.29 is 14.6 Å². The highest BCUT2D eigenvalue weighted by Crippen LogP contribution is 2.22. The van der Waals surface area contributed by atoms with Gasteiger partial charge in [0.1, 0.15) is 4.60 Å². The van der Waals surface area contributed by atoms with Crippen LogP contribution in [0.25, 0.3) is 0 Å². The van der Waals surface area contributed by atoms with Crippen LogP contribution in [0.5, 0.6) is 5.88 Å². The first-order valence-electron chi connectivity index (χ1n) is 5.40. The molecule has 1 N–H and O–H groups in total. The fourth-order valence-corrected chi connectivity index (χ4v) is 1.60. The molecule has 1 aromatic heterocycles. The third kappa shape index (κ3) is 4.73. The molecule has 0 saturated carbocycles. The molecule has 0 aliphatic rings. The molecule has 0 amide bonds. The van der Waals surface area contributed by atoms with E-state index in [1.165, 1.54) is 0 Å². The van der Waals surface area contributed by atoms with E-state index in [1.54, 1.807) is 19.9 Å². The van der Waals surface area contributed by atoms with Crippen LogP contribution in [0.15, 0.2) is 22.8 Å². The second-order valence-corrected chi connectivity index (χ2v) is 5.25. The van der Waals surface area contributed by atoms with Crippen molar-refractivity contribution >= 4 is 21.9 Å². The molecule has 94 valence electrons. The zero-order chi connectivity index (χ0) is 12.9. The third-order valence-corrected chi connectivity index (χ3v) is 2.91. The number of rotatable bonds is 6. The normalized spacial score (nSPS) is 11.2. The molecule has 1 aromatic rings. The van der Waals surface area contributed by atoms with E-state index < -0.39 is 11.4 Å². The Morgan fingerprint density at radius 3 is 2.82 bits per heavy atom. The van der Waals surface area contributed by atoms with E-state index in [0.717, 1.165) is 4.60 Å². The van der Waals surface area contributed by atoms with Crippen molar-refractivity contribution in [3.63, 3.8) is 0 Å². The third-order valence-electron chi connectivity index (χ3n) is 2.46. The number of aromatic nitrogens is 1. The number of hydrogen-bond acceptors (Lipinski definition) is 3. The van der Waals surface area contributed by atoms with Crippen molar-refractivity contribution in [1.29, 1.82) is 0 Å². The minimum Gasteiger partial charge on any atom is -0.481 e. The Kier molecular flexibility index (Phi) is 4.93. The lowest BCUT2D eigenvalue weighted by molar-refractivity contribution is -0.147. The minimum atomic E-state index is -0.780. The molecular formula is C12H16BrNO3. The fourth-order valence-electron chi connectivity index (χ4n) is 1.27. The van der Waals surface area contributed by atoms with Crippen LogP contribution in [0, 0.1) is 5.41 Å². The molecule has 0 atom stereocenters. The molecule has 0 aromatic carbocycles. The summed E-state index contributed by atoms with van der Waals surface area (Å²) in [5.41, 5.74) is -0.700. The first-order chi connectivity index (χ1) is 7.92. The maximum Gasteiger partial charge on any atom is 0.309 e. The number of carbonyl (C=O) groups is 1. The van der Waals surface area contributed by atoms with Crippen molar-refractivity contribution in [1.82, 2.24) is 4.98 Å². The maximum absolute atomic E-state index is 10.9. The molecule has 0 bridgehead atoms. The zero-order valence-electron chi connectivity index (χ0n) is 9.94. The second kappa shape index (κ2) is 6.00. The Labute approximate surface area is 109 Å². The largest absolute Gasteiger partial charge is 0.481 e. The van der Waals surface area contributed by atoms with Crippen LogP contribution < -0.4 is 4.74 Å². The van der Waals surface area contributed by atoms with Crippen LogP contribution in [0.4, 0.5) is 0 Å². The number of pyridine rings is 1. The van der Waals surface area contributed by atoms with Crippen LogP contribution in [-0.4, -0.2) is 22.7 Å². The molecule has 0 unspecified atom stereocenters. The van der Waals surface area contributed by atoms with Gasteiger partial charge in [-0.05, 0) is 48.7 Å². The fraction of sp³-hybridized carbons (Fsp3) is 0.500. The number of carboxylic acids is 1. The van der Waals surface area contributed by atoms with E-state index in [4.69, 9.17) is 9.84 Å². The first kappa shape index (κ1) is 14.0. The van der Waals surface area contributed by atoms with E-state index >= 15 is 0 Å². The molecule has 0 aliphatic carbocycles. The number of carboxylic acid groups (broad SMARTS) is 1. The van der Waals surface area contributed by atoms with Gasteiger partial charge in [0.25, 0.3) is 0 Å². The van der Waals surface area contributed by atoms with Gasteiger partial charge >= 0.3 is 5.97 Å². The summed E-state index contributed by atoms with van der Waals surface area (Å²) in [6.07, 6.45) is 1.27. The van der Waals surface area contributed by atoms with Crippen molar-refractivity contribution in [2.24, 2.45) is 5.41 Å². The summed E-state index contributed by atoms with van der Waals surface area (Å²) in [4.78, 5) is 15.0. The van der Waals surface area contributed by atoms with Gasteiger partial charge in [0, 0.05) is 6.07 Å². The minimum absolute atomic E-state index is 0.472. The summed E-state index contributed by atoms with van der Waals surface area (Å²) < 4.78 is 6.15. The van der Waals surface area contributed by atoms with E-state index in [9.17, 15) is 4.79 Å². The van der Waals surface area contributed by atoms with Crippen LogP contribution >= 0.6 is 15.9 Å². The highest BCUT2D eigenvalue weighted by Gasteiger charge is 2.26.